The van der Waals surface area contributed by atoms with Gasteiger partial charge in [-0.3, -0.25) is 4.79 Å². The Balaban J connectivity index is 2.21. The summed E-state index contributed by atoms with van der Waals surface area (Å²) < 4.78 is 10.4. The van der Waals surface area contributed by atoms with Crippen molar-refractivity contribution in [2.75, 3.05) is 26.9 Å². The number of benzene rings is 1. The van der Waals surface area contributed by atoms with Gasteiger partial charge < -0.3 is 20.5 Å². The van der Waals surface area contributed by atoms with Gasteiger partial charge in [-0.1, -0.05) is 23.7 Å². The smallest absolute Gasteiger partial charge is 0.240 e. The molecular formula is C15H21ClN2O3. The van der Waals surface area contributed by atoms with Crippen molar-refractivity contribution >= 4 is 17.5 Å². The predicted molar refractivity (Wildman–Crippen MR) is 81.2 cm³/mol. The molecule has 0 bridgehead atoms. The van der Waals surface area contributed by atoms with Gasteiger partial charge in [-0.25, -0.2) is 0 Å². The quantitative estimate of drug-likeness (QED) is 0.863. The van der Waals surface area contributed by atoms with Crippen LogP contribution in [0.1, 0.15) is 18.4 Å². The number of carbonyl (C=O) groups excluding carboxylic acids is 1. The molecule has 0 saturated carbocycles. The fourth-order valence-electron chi connectivity index (χ4n) is 2.56. The summed E-state index contributed by atoms with van der Waals surface area (Å²) in [5, 5.41) is 3.76. The number of hydrogen-bond acceptors (Lipinski definition) is 4. The summed E-state index contributed by atoms with van der Waals surface area (Å²) >= 11 is 5.94. The van der Waals surface area contributed by atoms with Crippen LogP contribution in [0.2, 0.25) is 5.02 Å². The standard InChI is InChI=1S/C15H21ClN2O3/c1-20-10-13(17)14(19)18-15(6-8-21-9-7-15)11-2-4-12(16)5-3-11/h2-5,13H,6-10,17H2,1H3,(H,18,19). The minimum absolute atomic E-state index is 0.193. The molecule has 2 rings (SSSR count). The Morgan fingerprint density at radius 1 is 1.43 bits per heavy atom. The van der Waals surface area contributed by atoms with Crippen LogP contribution in [-0.2, 0) is 19.8 Å². The second-order valence-corrected chi connectivity index (χ2v) is 5.69. The van der Waals surface area contributed by atoms with E-state index in [0.717, 1.165) is 5.56 Å². The van der Waals surface area contributed by atoms with Crippen LogP contribution in [0, 0.1) is 0 Å². The average molecular weight is 313 g/mol. The maximum atomic E-state index is 12.3. The fraction of sp³-hybridized carbons (Fsp3) is 0.533. The van der Waals surface area contributed by atoms with E-state index in [9.17, 15) is 4.79 Å². The molecule has 1 fully saturated rings. The maximum absolute atomic E-state index is 12.3. The van der Waals surface area contributed by atoms with Gasteiger partial charge in [0, 0.05) is 25.3 Å². The predicted octanol–water partition coefficient (Wildman–Crippen LogP) is 1.44. The summed E-state index contributed by atoms with van der Waals surface area (Å²) in [7, 11) is 1.52. The number of carbonyl (C=O) groups is 1. The van der Waals surface area contributed by atoms with Crippen LogP contribution in [0.25, 0.3) is 0 Å². The molecule has 0 radical (unpaired) electrons. The molecule has 5 nitrogen and oxygen atoms in total. The van der Waals surface area contributed by atoms with Gasteiger partial charge in [-0.05, 0) is 30.5 Å². The van der Waals surface area contributed by atoms with Crippen molar-refractivity contribution in [3.8, 4) is 0 Å². The molecule has 0 aliphatic carbocycles. The second kappa shape index (κ2) is 7.22. The van der Waals surface area contributed by atoms with E-state index in [1.54, 1.807) is 0 Å². The van der Waals surface area contributed by atoms with Gasteiger partial charge in [0.2, 0.25) is 5.91 Å². The summed E-state index contributed by atoms with van der Waals surface area (Å²) in [4.78, 5) is 12.3. The molecule has 1 atom stereocenters. The number of hydrogen-bond donors (Lipinski definition) is 2. The molecule has 0 aromatic heterocycles. The number of amides is 1. The van der Waals surface area contributed by atoms with E-state index >= 15 is 0 Å². The van der Waals surface area contributed by atoms with Crippen molar-refractivity contribution < 1.29 is 14.3 Å². The van der Waals surface area contributed by atoms with Gasteiger partial charge in [-0.15, -0.1) is 0 Å². The van der Waals surface area contributed by atoms with E-state index in [1.165, 1.54) is 7.11 Å². The first-order chi connectivity index (χ1) is 10.1. The van der Waals surface area contributed by atoms with Crippen LogP contribution in [0.15, 0.2) is 24.3 Å². The van der Waals surface area contributed by atoms with Gasteiger partial charge in [0.1, 0.15) is 6.04 Å². The maximum Gasteiger partial charge on any atom is 0.240 e. The Hall–Kier alpha value is -1.14. The third kappa shape index (κ3) is 3.95. The van der Waals surface area contributed by atoms with Gasteiger partial charge in [-0.2, -0.15) is 0 Å². The second-order valence-electron chi connectivity index (χ2n) is 5.25. The molecule has 1 unspecified atom stereocenters. The first kappa shape index (κ1) is 16.2. The highest BCUT2D eigenvalue weighted by Gasteiger charge is 2.36. The number of rotatable bonds is 5. The lowest BCUT2D eigenvalue weighted by Gasteiger charge is -2.39. The van der Waals surface area contributed by atoms with E-state index in [2.05, 4.69) is 5.32 Å². The van der Waals surface area contributed by atoms with Crippen LogP contribution in [0.5, 0.6) is 0 Å². The molecule has 0 spiro atoms. The molecular weight excluding hydrogens is 292 g/mol. The Morgan fingerprint density at radius 3 is 2.62 bits per heavy atom. The molecule has 6 heteroatoms. The molecule has 1 aliphatic heterocycles. The van der Waals surface area contributed by atoms with Crippen molar-refractivity contribution in [2.24, 2.45) is 5.73 Å². The van der Waals surface area contributed by atoms with E-state index < -0.39 is 11.6 Å². The lowest BCUT2D eigenvalue weighted by Crippen LogP contribution is -2.55. The van der Waals surface area contributed by atoms with E-state index in [0.29, 0.717) is 31.1 Å². The lowest BCUT2D eigenvalue weighted by molar-refractivity contribution is -0.126. The van der Waals surface area contributed by atoms with Crippen LogP contribution in [-0.4, -0.2) is 38.9 Å². The Morgan fingerprint density at radius 2 is 2.05 bits per heavy atom. The molecule has 1 aliphatic rings. The van der Waals surface area contributed by atoms with Gasteiger partial charge in [0.05, 0.1) is 12.1 Å². The largest absolute Gasteiger partial charge is 0.383 e. The van der Waals surface area contributed by atoms with Crippen molar-refractivity contribution in [3.63, 3.8) is 0 Å². The highest BCUT2D eigenvalue weighted by molar-refractivity contribution is 6.30. The fourth-order valence-corrected chi connectivity index (χ4v) is 2.68. The summed E-state index contributed by atoms with van der Waals surface area (Å²) in [6.45, 7) is 1.39. The van der Waals surface area contributed by atoms with Crippen molar-refractivity contribution in [3.05, 3.63) is 34.9 Å². The minimum Gasteiger partial charge on any atom is -0.383 e. The van der Waals surface area contributed by atoms with E-state index in [4.69, 9.17) is 26.8 Å². The van der Waals surface area contributed by atoms with Crippen molar-refractivity contribution in [1.29, 1.82) is 0 Å². The Kier molecular flexibility index (Phi) is 5.58. The molecule has 1 saturated heterocycles. The summed E-state index contributed by atoms with van der Waals surface area (Å²) in [5.41, 5.74) is 6.38. The van der Waals surface area contributed by atoms with Gasteiger partial charge >= 0.3 is 0 Å². The number of methoxy groups -OCH3 is 1. The van der Waals surface area contributed by atoms with E-state index in [-0.39, 0.29) is 12.5 Å². The molecule has 1 amide bonds. The Labute approximate surface area is 129 Å². The first-order valence-corrected chi connectivity index (χ1v) is 7.35. The highest BCUT2D eigenvalue weighted by Crippen LogP contribution is 2.32. The molecule has 1 aromatic rings. The molecule has 1 aromatic carbocycles. The highest BCUT2D eigenvalue weighted by atomic mass is 35.5. The van der Waals surface area contributed by atoms with Crippen LogP contribution in [0.4, 0.5) is 0 Å². The minimum atomic E-state index is -0.679. The third-order valence-corrected chi connectivity index (χ3v) is 4.04. The van der Waals surface area contributed by atoms with Gasteiger partial charge in [0.25, 0.3) is 0 Å². The Bertz CT molecular complexity index is 472. The average Bonchev–Trinajstić information content (AvgIpc) is 2.49. The zero-order valence-corrected chi connectivity index (χ0v) is 12.9. The summed E-state index contributed by atoms with van der Waals surface area (Å²) in [6.07, 6.45) is 1.42. The molecule has 116 valence electrons. The SMILES string of the molecule is COCC(N)C(=O)NC1(c2ccc(Cl)cc2)CCOCC1. The lowest BCUT2D eigenvalue weighted by atomic mass is 9.82. The summed E-state index contributed by atoms with van der Waals surface area (Å²) in [6, 6.07) is 6.86. The number of nitrogens with one attached hydrogen (secondary N) is 1. The van der Waals surface area contributed by atoms with Crippen LogP contribution < -0.4 is 11.1 Å². The third-order valence-electron chi connectivity index (χ3n) is 3.79. The number of ether oxygens (including phenoxy) is 2. The van der Waals surface area contributed by atoms with Crippen molar-refractivity contribution in [2.45, 2.75) is 24.4 Å². The molecule has 21 heavy (non-hydrogen) atoms. The van der Waals surface area contributed by atoms with Crippen LogP contribution >= 0.6 is 11.6 Å². The molecule has 1 heterocycles. The van der Waals surface area contributed by atoms with E-state index in [1.807, 2.05) is 24.3 Å². The summed E-state index contributed by atoms with van der Waals surface area (Å²) in [5.74, 6) is -0.214. The number of nitrogens with two attached hydrogens (primary N) is 1. The first-order valence-electron chi connectivity index (χ1n) is 6.98. The normalized spacial score (nSPS) is 19.0. The number of halogens is 1. The monoisotopic (exact) mass is 312 g/mol. The topological polar surface area (TPSA) is 73.6 Å². The van der Waals surface area contributed by atoms with Gasteiger partial charge in [0.15, 0.2) is 0 Å². The molecule has 3 N–H and O–H groups in total. The zero-order chi connectivity index (χ0) is 15.3. The van der Waals surface area contributed by atoms with Crippen molar-refractivity contribution in [1.82, 2.24) is 5.32 Å². The van der Waals surface area contributed by atoms with Crippen LogP contribution in [0.3, 0.4) is 0 Å². The zero-order valence-electron chi connectivity index (χ0n) is 12.1.